The van der Waals surface area contributed by atoms with E-state index in [0.29, 0.717) is 5.92 Å². The molecule has 0 aliphatic heterocycles. The summed E-state index contributed by atoms with van der Waals surface area (Å²) in [5.41, 5.74) is 5.02. The van der Waals surface area contributed by atoms with E-state index in [9.17, 15) is 4.79 Å². The van der Waals surface area contributed by atoms with Crippen molar-refractivity contribution < 1.29 is 9.53 Å². The zero-order valence-electron chi connectivity index (χ0n) is 11.9. The van der Waals surface area contributed by atoms with Crippen LogP contribution in [0.3, 0.4) is 0 Å². The van der Waals surface area contributed by atoms with Gasteiger partial charge in [0.2, 0.25) is 0 Å². The SMILES string of the molecule is CC(C)(C)OC(=O)C(C=CN)CC1CCCCC1. The molecule has 1 fully saturated rings. The predicted octanol–water partition coefficient (Wildman–Crippen LogP) is 3.39. The fraction of sp³-hybridized carbons (Fsp3) is 0.800. The predicted molar refractivity (Wildman–Crippen MR) is 73.9 cm³/mol. The van der Waals surface area contributed by atoms with Crippen molar-refractivity contribution >= 4 is 5.97 Å². The second-order valence-corrected chi connectivity index (χ2v) is 6.26. The van der Waals surface area contributed by atoms with Crippen LogP contribution in [0.1, 0.15) is 59.3 Å². The third-order valence-corrected chi connectivity index (χ3v) is 3.36. The van der Waals surface area contributed by atoms with Gasteiger partial charge in [-0.05, 0) is 39.3 Å². The maximum Gasteiger partial charge on any atom is 0.313 e. The smallest absolute Gasteiger partial charge is 0.313 e. The van der Waals surface area contributed by atoms with Crippen LogP contribution < -0.4 is 5.73 Å². The van der Waals surface area contributed by atoms with Crippen molar-refractivity contribution in [1.29, 1.82) is 0 Å². The second-order valence-electron chi connectivity index (χ2n) is 6.26. The standard InChI is InChI=1S/C15H27NO2/c1-15(2,3)18-14(17)13(9-10-16)11-12-7-5-4-6-8-12/h9-10,12-13H,4-8,11,16H2,1-3H3. The quantitative estimate of drug-likeness (QED) is 0.781. The molecule has 3 nitrogen and oxygen atoms in total. The molecule has 1 aliphatic rings. The van der Waals surface area contributed by atoms with Crippen molar-refractivity contribution in [3.8, 4) is 0 Å². The van der Waals surface area contributed by atoms with E-state index in [1.807, 2.05) is 20.8 Å². The Morgan fingerprint density at radius 3 is 2.44 bits per heavy atom. The van der Waals surface area contributed by atoms with Crippen molar-refractivity contribution in [2.24, 2.45) is 17.6 Å². The van der Waals surface area contributed by atoms with Gasteiger partial charge >= 0.3 is 5.97 Å². The molecule has 1 saturated carbocycles. The molecule has 0 saturated heterocycles. The summed E-state index contributed by atoms with van der Waals surface area (Å²) in [6.45, 7) is 5.69. The molecule has 2 N–H and O–H groups in total. The summed E-state index contributed by atoms with van der Waals surface area (Å²) in [7, 11) is 0. The highest BCUT2D eigenvalue weighted by atomic mass is 16.6. The van der Waals surface area contributed by atoms with E-state index in [2.05, 4.69) is 0 Å². The van der Waals surface area contributed by atoms with E-state index >= 15 is 0 Å². The number of esters is 1. The maximum atomic E-state index is 12.1. The first-order valence-corrected chi connectivity index (χ1v) is 7.03. The summed E-state index contributed by atoms with van der Waals surface area (Å²) in [6, 6.07) is 0. The van der Waals surface area contributed by atoms with Gasteiger partial charge in [0.05, 0.1) is 5.92 Å². The Labute approximate surface area is 111 Å². The van der Waals surface area contributed by atoms with Crippen LogP contribution in [-0.4, -0.2) is 11.6 Å². The van der Waals surface area contributed by atoms with E-state index in [0.717, 1.165) is 6.42 Å². The number of hydrogen-bond acceptors (Lipinski definition) is 3. The zero-order valence-corrected chi connectivity index (χ0v) is 11.9. The summed E-state index contributed by atoms with van der Waals surface area (Å²) < 4.78 is 5.45. The Kier molecular flexibility index (Phi) is 5.70. The largest absolute Gasteiger partial charge is 0.460 e. The molecule has 1 rings (SSSR count). The molecule has 1 aliphatic carbocycles. The van der Waals surface area contributed by atoms with Gasteiger partial charge in [-0.15, -0.1) is 0 Å². The summed E-state index contributed by atoms with van der Waals surface area (Å²) in [4.78, 5) is 12.1. The van der Waals surface area contributed by atoms with Crippen molar-refractivity contribution in [2.75, 3.05) is 0 Å². The highest BCUT2D eigenvalue weighted by Crippen LogP contribution is 2.30. The van der Waals surface area contributed by atoms with Crippen LogP contribution in [0, 0.1) is 11.8 Å². The summed E-state index contributed by atoms with van der Waals surface area (Å²) >= 11 is 0. The van der Waals surface area contributed by atoms with Crippen LogP contribution in [0.25, 0.3) is 0 Å². The third kappa shape index (κ3) is 5.56. The van der Waals surface area contributed by atoms with E-state index in [1.165, 1.54) is 38.3 Å². The van der Waals surface area contributed by atoms with E-state index < -0.39 is 5.60 Å². The Morgan fingerprint density at radius 2 is 1.94 bits per heavy atom. The summed E-state index contributed by atoms with van der Waals surface area (Å²) in [5, 5.41) is 0. The normalized spacial score (nSPS) is 19.9. The van der Waals surface area contributed by atoms with Gasteiger partial charge < -0.3 is 10.5 Å². The molecule has 0 amide bonds. The minimum atomic E-state index is -0.426. The molecule has 3 heteroatoms. The molecule has 0 aromatic heterocycles. The Morgan fingerprint density at radius 1 is 1.33 bits per heavy atom. The van der Waals surface area contributed by atoms with Crippen LogP contribution in [-0.2, 0) is 9.53 Å². The Balaban J connectivity index is 2.55. The van der Waals surface area contributed by atoms with Crippen molar-refractivity contribution in [3.05, 3.63) is 12.3 Å². The summed E-state index contributed by atoms with van der Waals surface area (Å²) in [6.07, 6.45) is 10.5. The summed E-state index contributed by atoms with van der Waals surface area (Å²) in [5.74, 6) is 0.319. The minimum absolute atomic E-state index is 0.144. The highest BCUT2D eigenvalue weighted by Gasteiger charge is 2.26. The van der Waals surface area contributed by atoms with Crippen LogP contribution in [0.5, 0.6) is 0 Å². The molecule has 104 valence electrons. The molecule has 1 atom stereocenters. The molecule has 0 spiro atoms. The molecule has 1 unspecified atom stereocenters. The Bertz CT molecular complexity index is 285. The molecular weight excluding hydrogens is 226 g/mol. The first-order valence-electron chi connectivity index (χ1n) is 7.03. The minimum Gasteiger partial charge on any atom is -0.460 e. The van der Waals surface area contributed by atoms with Gasteiger partial charge in [0, 0.05) is 0 Å². The average Bonchev–Trinajstić information content (AvgIpc) is 2.27. The number of rotatable bonds is 4. The lowest BCUT2D eigenvalue weighted by Crippen LogP contribution is -2.29. The lowest BCUT2D eigenvalue weighted by molar-refractivity contribution is -0.158. The van der Waals surface area contributed by atoms with Gasteiger partial charge in [0.1, 0.15) is 5.60 Å². The lowest BCUT2D eigenvalue weighted by atomic mass is 9.82. The molecular formula is C15H27NO2. The highest BCUT2D eigenvalue weighted by molar-refractivity contribution is 5.74. The van der Waals surface area contributed by atoms with Gasteiger partial charge in [-0.2, -0.15) is 0 Å². The van der Waals surface area contributed by atoms with Crippen LogP contribution in [0.4, 0.5) is 0 Å². The van der Waals surface area contributed by atoms with E-state index in [4.69, 9.17) is 10.5 Å². The monoisotopic (exact) mass is 253 g/mol. The van der Waals surface area contributed by atoms with Crippen molar-refractivity contribution in [1.82, 2.24) is 0 Å². The molecule has 0 aromatic rings. The van der Waals surface area contributed by atoms with Crippen molar-refractivity contribution in [3.63, 3.8) is 0 Å². The van der Waals surface area contributed by atoms with E-state index in [-0.39, 0.29) is 11.9 Å². The average molecular weight is 253 g/mol. The van der Waals surface area contributed by atoms with Crippen LogP contribution in [0.15, 0.2) is 12.3 Å². The first-order chi connectivity index (χ1) is 8.42. The van der Waals surface area contributed by atoms with Crippen molar-refractivity contribution in [2.45, 2.75) is 64.9 Å². The Hall–Kier alpha value is -0.990. The lowest BCUT2D eigenvalue weighted by Gasteiger charge is -2.27. The van der Waals surface area contributed by atoms with Gasteiger partial charge in [-0.1, -0.05) is 38.2 Å². The van der Waals surface area contributed by atoms with Gasteiger partial charge in [-0.3, -0.25) is 4.79 Å². The topological polar surface area (TPSA) is 52.3 Å². The van der Waals surface area contributed by atoms with Gasteiger partial charge in [0.25, 0.3) is 0 Å². The molecule has 0 aromatic carbocycles. The molecule has 0 bridgehead atoms. The maximum absolute atomic E-state index is 12.1. The number of nitrogens with two attached hydrogens (primary N) is 1. The van der Waals surface area contributed by atoms with E-state index in [1.54, 1.807) is 6.08 Å². The fourth-order valence-electron chi connectivity index (χ4n) is 2.55. The van der Waals surface area contributed by atoms with Gasteiger partial charge in [0.15, 0.2) is 0 Å². The van der Waals surface area contributed by atoms with Crippen LogP contribution in [0.2, 0.25) is 0 Å². The first kappa shape index (κ1) is 15.1. The fourth-order valence-corrected chi connectivity index (χ4v) is 2.55. The number of hydrogen-bond donors (Lipinski definition) is 1. The number of carbonyl (C=O) groups is 1. The van der Waals surface area contributed by atoms with Crippen LogP contribution >= 0.6 is 0 Å². The van der Waals surface area contributed by atoms with Gasteiger partial charge in [-0.25, -0.2) is 0 Å². The molecule has 0 radical (unpaired) electrons. The molecule has 0 heterocycles. The third-order valence-electron chi connectivity index (χ3n) is 3.36. The molecule has 18 heavy (non-hydrogen) atoms. The number of carbonyl (C=O) groups excluding carboxylic acids is 1. The second kappa shape index (κ2) is 6.81. The number of ether oxygens (including phenoxy) is 1. The zero-order chi connectivity index (χ0) is 13.6.